The van der Waals surface area contributed by atoms with Crippen molar-refractivity contribution < 1.29 is 14.7 Å². The van der Waals surface area contributed by atoms with Crippen LogP contribution >= 0.6 is 0 Å². The van der Waals surface area contributed by atoms with Gasteiger partial charge >= 0.3 is 5.97 Å². The second-order valence-electron chi connectivity index (χ2n) is 4.79. The Kier molecular flexibility index (Phi) is 2.51. The SMILES string of the molecule is Cc1[nH]nc2cc(N3CC(C(=O)O)CC3=O)ccc12. The first kappa shape index (κ1) is 11.7. The number of carbonyl (C=O) groups excluding carboxylic acids is 1. The lowest BCUT2D eigenvalue weighted by molar-refractivity contribution is -0.141. The van der Waals surface area contributed by atoms with Gasteiger partial charge in [0.05, 0.1) is 11.4 Å². The Morgan fingerprint density at radius 3 is 3.00 bits per heavy atom. The van der Waals surface area contributed by atoms with E-state index < -0.39 is 11.9 Å². The fourth-order valence-electron chi connectivity index (χ4n) is 2.42. The summed E-state index contributed by atoms with van der Waals surface area (Å²) in [5, 5.41) is 17.0. The summed E-state index contributed by atoms with van der Waals surface area (Å²) < 4.78 is 0. The molecule has 0 bridgehead atoms. The predicted molar refractivity (Wildman–Crippen MR) is 68.9 cm³/mol. The molecule has 1 aliphatic rings. The molecule has 2 heterocycles. The largest absolute Gasteiger partial charge is 0.481 e. The van der Waals surface area contributed by atoms with Gasteiger partial charge in [0.25, 0.3) is 0 Å². The van der Waals surface area contributed by atoms with Crippen molar-refractivity contribution in [1.29, 1.82) is 0 Å². The van der Waals surface area contributed by atoms with Crippen molar-refractivity contribution in [3.63, 3.8) is 0 Å². The van der Waals surface area contributed by atoms with Gasteiger partial charge in [0.15, 0.2) is 0 Å². The van der Waals surface area contributed by atoms with Gasteiger partial charge in [-0.15, -0.1) is 0 Å². The zero-order valence-electron chi connectivity index (χ0n) is 10.4. The molecule has 0 saturated carbocycles. The Labute approximate surface area is 109 Å². The van der Waals surface area contributed by atoms with E-state index in [2.05, 4.69) is 10.2 Å². The van der Waals surface area contributed by atoms with E-state index in [0.29, 0.717) is 5.69 Å². The van der Waals surface area contributed by atoms with E-state index in [9.17, 15) is 9.59 Å². The van der Waals surface area contributed by atoms with E-state index in [1.165, 1.54) is 4.90 Å². The lowest BCUT2D eigenvalue weighted by Crippen LogP contribution is -2.25. The minimum atomic E-state index is -0.924. The molecule has 6 nitrogen and oxygen atoms in total. The number of benzene rings is 1. The van der Waals surface area contributed by atoms with Gasteiger partial charge in [-0.2, -0.15) is 5.10 Å². The number of nitrogens with one attached hydrogen (secondary N) is 1. The molecule has 1 aromatic heterocycles. The maximum Gasteiger partial charge on any atom is 0.308 e. The molecular formula is C13H13N3O3. The number of carboxylic acid groups (broad SMARTS) is 1. The van der Waals surface area contributed by atoms with Crippen molar-refractivity contribution in [1.82, 2.24) is 10.2 Å². The molecule has 2 N–H and O–H groups in total. The van der Waals surface area contributed by atoms with Crippen LogP contribution in [0.4, 0.5) is 5.69 Å². The summed E-state index contributed by atoms with van der Waals surface area (Å²) >= 11 is 0. The lowest BCUT2D eigenvalue weighted by Gasteiger charge is -2.15. The van der Waals surface area contributed by atoms with Gasteiger partial charge in [-0.3, -0.25) is 14.7 Å². The minimum Gasteiger partial charge on any atom is -0.481 e. The summed E-state index contributed by atoms with van der Waals surface area (Å²) in [6.45, 7) is 2.15. The molecule has 1 unspecified atom stereocenters. The van der Waals surface area contributed by atoms with E-state index >= 15 is 0 Å². The normalized spacial score (nSPS) is 19.3. The highest BCUT2D eigenvalue weighted by molar-refractivity contribution is 6.00. The summed E-state index contributed by atoms with van der Waals surface area (Å²) in [6.07, 6.45) is 0.0625. The van der Waals surface area contributed by atoms with Crippen LogP contribution in [0.1, 0.15) is 12.1 Å². The Bertz CT molecular complexity index is 677. The van der Waals surface area contributed by atoms with Gasteiger partial charge in [0.2, 0.25) is 5.91 Å². The number of nitrogens with zero attached hydrogens (tertiary/aromatic N) is 2. The van der Waals surface area contributed by atoms with E-state index in [1.54, 1.807) is 6.07 Å². The van der Waals surface area contributed by atoms with Crippen LogP contribution in [-0.4, -0.2) is 33.7 Å². The fourth-order valence-corrected chi connectivity index (χ4v) is 2.42. The molecule has 1 amide bonds. The van der Waals surface area contributed by atoms with E-state index in [4.69, 9.17) is 5.11 Å². The Balaban J connectivity index is 1.96. The standard InChI is InChI=1S/C13H13N3O3/c1-7-10-3-2-9(5-11(10)15-14-7)16-6-8(13(18)19)4-12(16)17/h2-3,5,8H,4,6H2,1H3,(H,14,15)(H,18,19). The van der Waals surface area contributed by atoms with E-state index in [-0.39, 0.29) is 18.9 Å². The summed E-state index contributed by atoms with van der Waals surface area (Å²) in [5.74, 6) is -1.70. The molecule has 1 saturated heterocycles. The van der Waals surface area contributed by atoms with Crippen molar-refractivity contribution >= 4 is 28.5 Å². The highest BCUT2D eigenvalue weighted by atomic mass is 16.4. The highest BCUT2D eigenvalue weighted by Gasteiger charge is 2.35. The smallest absolute Gasteiger partial charge is 0.308 e. The molecule has 1 aliphatic heterocycles. The number of carboxylic acids is 1. The van der Waals surface area contributed by atoms with Crippen LogP contribution in [0, 0.1) is 12.8 Å². The molecule has 3 rings (SSSR count). The molecule has 1 atom stereocenters. The van der Waals surface area contributed by atoms with Gasteiger partial charge < -0.3 is 10.0 Å². The third kappa shape index (κ3) is 1.85. The predicted octanol–water partition coefficient (Wildman–Crippen LogP) is 1.31. The lowest BCUT2D eigenvalue weighted by atomic mass is 10.1. The van der Waals surface area contributed by atoms with Crippen LogP contribution in [0.3, 0.4) is 0 Å². The van der Waals surface area contributed by atoms with Crippen molar-refractivity contribution in [2.75, 3.05) is 11.4 Å². The summed E-state index contributed by atoms with van der Waals surface area (Å²) in [4.78, 5) is 24.3. The number of hydrogen-bond acceptors (Lipinski definition) is 3. The minimum absolute atomic E-state index is 0.0625. The number of aryl methyl sites for hydroxylation is 1. The summed E-state index contributed by atoms with van der Waals surface area (Å²) in [5.41, 5.74) is 2.45. The molecule has 0 spiro atoms. The third-order valence-corrected chi connectivity index (χ3v) is 3.52. The van der Waals surface area contributed by atoms with Crippen molar-refractivity contribution in [3.05, 3.63) is 23.9 Å². The van der Waals surface area contributed by atoms with Crippen LogP contribution < -0.4 is 4.90 Å². The number of carbonyl (C=O) groups is 2. The monoisotopic (exact) mass is 259 g/mol. The van der Waals surface area contributed by atoms with Gasteiger partial charge in [-0.1, -0.05) is 0 Å². The Hall–Kier alpha value is -2.37. The number of hydrogen-bond donors (Lipinski definition) is 2. The first-order valence-corrected chi connectivity index (χ1v) is 6.04. The molecule has 0 radical (unpaired) electrons. The number of aromatic nitrogens is 2. The van der Waals surface area contributed by atoms with Crippen LogP contribution in [0.5, 0.6) is 0 Å². The van der Waals surface area contributed by atoms with Crippen LogP contribution in [0.15, 0.2) is 18.2 Å². The molecule has 19 heavy (non-hydrogen) atoms. The van der Waals surface area contributed by atoms with Crippen molar-refractivity contribution in [2.45, 2.75) is 13.3 Å². The average Bonchev–Trinajstić information content (AvgIpc) is 2.93. The van der Waals surface area contributed by atoms with E-state index in [0.717, 1.165) is 16.6 Å². The van der Waals surface area contributed by atoms with Gasteiger partial charge in [-0.05, 0) is 25.1 Å². The first-order chi connectivity index (χ1) is 9.06. The van der Waals surface area contributed by atoms with Gasteiger partial charge in [-0.25, -0.2) is 0 Å². The number of aromatic amines is 1. The number of anilines is 1. The fraction of sp³-hybridized carbons (Fsp3) is 0.308. The Morgan fingerprint density at radius 1 is 1.53 bits per heavy atom. The average molecular weight is 259 g/mol. The molecule has 1 aromatic carbocycles. The van der Waals surface area contributed by atoms with Crippen LogP contribution in [0.25, 0.3) is 10.9 Å². The number of amides is 1. The zero-order valence-corrected chi connectivity index (χ0v) is 10.4. The molecule has 98 valence electrons. The molecule has 0 aliphatic carbocycles. The quantitative estimate of drug-likeness (QED) is 0.851. The molecule has 2 aromatic rings. The van der Waals surface area contributed by atoms with Crippen LogP contribution in [0.2, 0.25) is 0 Å². The maximum atomic E-state index is 11.9. The zero-order chi connectivity index (χ0) is 13.6. The topological polar surface area (TPSA) is 86.3 Å². The summed E-state index contributed by atoms with van der Waals surface area (Å²) in [6, 6.07) is 5.53. The number of aliphatic carboxylic acids is 1. The highest BCUT2D eigenvalue weighted by Crippen LogP contribution is 2.28. The van der Waals surface area contributed by atoms with Crippen molar-refractivity contribution in [2.24, 2.45) is 5.92 Å². The first-order valence-electron chi connectivity index (χ1n) is 6.04. The number of H-pyrrole nitrogens is 1. The third-order valence-electron chi connectivity index (χ3n) is 3.52. The maximum absolute atomic E-state index is 11.9. The second kappa shape index (κ2) is 4.08. The summed E-state index contributed by atoms with van der Waals surface area (Å²) in [7, 11) is 0. The van der Waals surface area contributed by atoms with Gasteiger partial charge in [0.1, 0.15) is 0 Å². The Morgan fingerprint density at radius 2 is 2.32 bits per heavy atom. The van der Waals surface area contributed by atoms with Crippen LogP contribution in [-0.2, 0) is 9.59 Å². The molecular weight excluding hydrogens is 246 g/mol. The molecule has 1 fully saturated rings. The number of rotatable bonds is 2. The number of fused-ring (bicyclic) bond motifs is 1. The van der Waals surface area contributed by atoms with Crippen molar-refractivity contribution in [3.8, 4) is 0 Å². The molecule has 6 heteroatoms. The van der Waals surface area contributed by atoms with E-state index in [1.807, 2.05) is 19.1 Å². The van der Waals surface area contributed by atoms with Gasteiger partial charge in [0, 0.05) is 29.7 Å². The second-order valence-corrected chi connectivity index (χ2v) is 4.79.